The van der Waals surface area contributed by atoms with E-state index in [2.05, 4.69) is 9.80 Å². The Hall–Kier alpha value is -2.28. The molecule has 8 heteroatoms. The number of rotatable bonds is 4. The second-order valence-corrected chi connectivity index (χ2v) is 7.88. The number of anilines is 1. The highest BCUT2D eigenvalue weighted by molar-refractivity contribution is 6.31. The molecule has 1 fully saturated rings. The molecule has 0 saturated carbocycles. The van der Waals surface area contributed by atoms with E-state index in [-0.39, 0.29) is 15.6 Å². The van der Waals surface area contributed by atoms with Gasteiger partial charge in [0.15, 0.2) is 0 Å². The molecular weight excluding hydrogens is 414 g/mol. The molecule has 0 unspecified atom stereocenters. The molecule has 29 heavy (non-hydrogen) atoms. The van der Waals surface area contributed by atoms with E-state index < -0.39 is 5.82 Å². The molecule has 2 aromatic carbocycles. The van der Waals surface area contributed by atoms with Gasteiger partial charge in [0, 0.05) is 45.5 Å². The molecule has 1 saturated heterocycles. The van der Waals surface area contributed by atoms with Crippen molar-refractivity contribution < 1.29 is 4.39 Å². The highest BCUT2D eigenvalue weighted by Gasteiger charge is 2.23. The molecule has 0 N–H and O–H groups in total. The molecule has 3 aromatic rings. The molecule has 0 aliphatic carbocycles. The lowest BCUT2D eigenvalue weighted by atomic mass is 10.2. The number of aromatic nitrogens is 2. The lowest BCUT2D eigenvalue weighted by molar-refractivity contribution is 0.243. The van der Waals surface area contributed by atoms with Crippen molar-refractivity contribution in [2.45, 2.75) is 6.54 Å². The first-order valence-electron chi connectivity index (χ1n) is 9.40. The quantitative estimate of drug-likeness (QED) is 0.623. The third-order valence-corrected chi connectivity index (χ3v) is 6.01. The van der Waals surface area contributed by atoms with Crippen LogP contribution in [0.4, 0.5) is 10.1 Å². The van der Waals surface area contributed by atoms with Crippen molar-refractivity contribution in [3.8, 4) is 5.69 Å². The van der Waals surface area contributed by atoms with Gasteiger partial charge < -0.3 is 4.90 Å². The van der Waals surface area contributed by atoms with Crippen LogP contribution in [0, 0.1) is 5.82 Å². The van der Waals surface area contributed by atoms with Crippen LogP contribution in [0.1, 0.15) is 5.69 Å². The van der Waals surface area contributed by atoms with Crippen LogP contribution in [-0.4, -0.2) is 40.4 Å². The summed E-state index contributed by atoms with van der Waals surface area (Å²) < 4.78 is 16.8. The van der Waals surface area contributed by atoms with Gasteiger partial charge >= 0.3 is 0 Å². The second kappa shape index (κ2) is 8.22. The summed E-state index contributed by atoms with van der Waals surface area (Å²) in [5.41, 5.74) is 2.27. The highest BCUT2D eigenvalue weighted by Crippen LogP contribution is 2.24. The van der Waals surface area contributed by atoms with Gasteiger partial charge in [0.05, 0.1) is 16.4 Å². The average Bonchev–Trinajstić information content (AvgIpc) is 2.94. The van der Waals surface area contributed by atoms with Crippen LogP contribution in [-0.2, 0) is 13.6 Å². The Morgan fingerprint density at radius 1 is 0.966 bits per heavy atom. The Kier molecular flexibility index (Phi) is 5.67. The summed E-state index contributed by atoms with van der Waals surface area (Å²) in [4.78, 5) is 17.1. The van der Waals surface area contributed by atoms with Gasteiger partial charge in [0.1, 0.15) is 10.8 Å². The predicted octanol–water partition coefficient (Wildman–Crippen LogP) is 3.94. The van der Waals surface area contributed by atoms with Crippen LogP contribution >= 0.6 is 23.2 Å². The fourth-order valence-electron chi connectivity index (χ4n) is 3.70. The zero-order valence-corrected chi connectivity index (χ0v) is 17.5. The van der Waals surface area contributed by atoms with Crippen LogP contribution in [0.15, 0.2) is 53.3 Å². The van der Waals surface area contributed by atoms with E-state index in [0.29, 0.717) is 6.54 Å². The Bertz CT molecular complexity index is 1070. The number of benzene rings is 2. The SMILES string of the molecule is Cn1c(CN2CCN(c3ccc(F)c(Cl)c3)CC2)c(Cl)c(=O)n1-c1ccccc1. The minimum Gasteiger partial charge on any atom is -0.369 e. The number of piperazine rings is 1. The number of hydrogen-bond acceptors (Lipinski definition) is 3. The number of para-hydroxylation sites is 1. The van der Waals surface area contributed by atoms with Gasteiger partial charge in [-0.2, -0.15) is 0 Å². The molecule has 0 bridgehead atoms. The molecule has 0 atom stereocenters. The molecule has 0 radical (unpaired) electrons. The zero-order valence-electron chi connectivity index (χ0n) is 16.0. The largest absolute Gasteiger partial charge is 0.369 e. The van der Waals surface area contributed by atoms with Crippen molar-refractivity contribution in [2.75, 3.05) is 31.1 Å². The Morgan fingerprint density at radius 3 is 2.31 bits per heavy atom. The fraction of sp³-hybridized carbons (Fsp3) is 0.286. The molecule has 1 aliphatic rings. The number of hydrogen-bond donors (Lipinski definition) is 0. The van der Waals surface area contributed by atoms with Gasteiger partial charge in [-0.05, 0) is 30.3 Å². The van der Waals surface area contributed by atoms with Gasteiger partial charge in [0.2, 0.25) is 0 Å². The van der Waals surface area contributed by atoms with E-state index in [0.717, 1.165) is 43.2 Å². The Morgan fingerprint density at radius 2 is 1.66 bits per heavy atom. The van der Waals surface area contributed by atoms with Crippen LogP contribution in [0.25, 0.3) is 5.69 Å². The topological polar surface area (TPSA) is 33.4 Å². The maximum atomic E-state index is 13.4. The van der Waals surface area contributed by atoms with E-state index >= 15 is 0 Å². The standard InChI is InChI=1S/C21H21Cl2FN4O/c1-25-19(20(23)21(29)28(25)15-5-3-2-4-6-15)14-26-9-11-27(12-10-26)16-7-8-18(24)17(22)13-16/h2-8,13H,9-12,14H2,1H3. The van der Waals surface area contributed by atoms with Gasteiger partial charge in [-0.15, -0.1) is 0 Å². The fourth-order valence-corrected chi connectivity index (χ4v) is 4.14. The van der Waals surface area contributed by atoms with E-state index in [1.165, 1.54) is 6.07 Å². The van der Waals surface area contributed by atoms with Crippen molar-refractivity contribution in [2.24, 2.45) is 7.05 Å². The molecule has 0 amide bonds. The Labute approximate surface area is 178 Å². The predicted molar refractivity (Wildman–Crippen MR) is 115 cm³/mol. The molecule has 152 valence electrons. The normalized spacial score (nSPS) is 15.1. The first-order chi connectivity index (χ1) is 14.0. The molecule has 2 heterocycles. The van der Waals surface area contributed by atoms with E-state index in [1.54, 1.807) is 16.8 Å². The van der Waals surface area contributed by atoms with Crippen LogP contribution in [0.3, 0.4) is 0 Å². The van der Waals surface area contributed by atoms with Crippen molar-refractivity contribution in [3.05, 3.63) is 80.4 Å². The lowest BCUT2D eigenvalue weighted by Crippen LogP contribution is -2.46. The first kappa shape index (κ1) is 20.0. The highest BCUT2D eigenvalue weighted by atomic mass is 35.5. The number of nitrogens with zero attached hydrogens (tertiary/aromatic N) is 4. The summed E-state index contributed by atoms with van der Waals surface area (Å²) in [5, 5.41) is 0.387. The summed E-state index contributed by atoms with van der Waals surface area (Å²) in [5.74, 6) is -0.410. The van der Waals surface area contributed by atoms with Crippen molar-refractivity contribution >= 4 is 28.9 Å². The third-order valence-electron chi connectivity index (χ3n) is 5.34. The molecule has 1 aromatic heterocycles. The molecule has 4 rings (SSSR count). The summed E-state index contributed by atoms with van der Waals surface area (Å²) in [7, 11) is 1.85. The summed E-state index contributed by atoms with van der Waals surface area (Å²) in [6, 6.07) is 14.3. The molecule has 5 nitrogen and oxygen atoms in total. The van der Waals surface area contributed by atoms with E-state index in [1.807, 2.05) is 42.1 Å². The van der Waals surface area contributed by atoms with Gasteiger partial charge in [-0.3, -0.25) is 14.4 Å². The lowest BCUT2D eigenvalue weighted by Gasteiger charge is -2.36. The monoisotopic (exact) mass is 434 g/mol. The average molecular weight is 435 g/mol. The van der Waals surface area contributed by atoms with Crippen LogP contribution < -0.4 is 10.5 Å². The smallest absolute Gasteiger partial charge is 0.290 e. The first-order valence-corrected chi connectivity index (χ1v) is 10.2. The van der Waals surface area contributed by atoms with Crippen molar-refractivity contribution in [1.29, 1.82) is 0 Å². The van der Waals surface area contributed by atoms with Gasteiger partial charge in [-0.1, -0.05) is 41.4 Å². The van der Waals surface area contributed by atoms with E-state index in [4.69, 9.17) is 23.2 Å². The van der Waals surface area contributed by atoms with Crippen molar-refractivity contribution in [1.82, 2.24) is 14.3 Å². The summed E-state index contributed by atoms with van der Waals surface area (Å²) >= 11 is 12.3. The molecular formula is C21H21Cl2FN4O. The molecule has 0 spiro atoms. The minimum atomic E-state index is -0.410. The summed E-state index contributed by atoms with van der Waals surface area (Å²) in [6.07, 6.45) is 0. The minimum absolute atomic E-state index is 0.133. The van der Waals surface area contributed by atoms with Gasteiger partial charge in [-0.25, -0.2) is 9.07 Å². The molecule has 1 aliphatic heterocycles. The van der Waals surface area contributed by atoms with Crippen LogP contribution in [0.5, 0.6) is 0 Å². The number of halogens is 3. The zero-order chi connectivity index (χ0) is 20.5. The second-order valence-electron chi connectivity index (χ2n) is 7.10. The van der Waals surface area contributed by atoms with Crippen LogP contribution in [0.2, 0.25) is 10.0 Å². The third kappa shape index (κ3) is 3.92. The Balaban J connectivity index is 1.49. The summed E-state index contributed by atoms with van der Waals surface area (Å²) in [6.45, 7) is 3.76. The van der Waals surface area contributed by atoms with Crippen molar-refractivity contribution in [3.63, 3.8) is 0 Å². The maximum Gasteiger partial charge on any atom is 0.290 e. The maximum absolute atomic E-state index is 13.4. The van der Waals surface area contributed by atoms with E-state index in [9.17, 15) is 9.18 Å². The van der Waals surface area contributed by atoms with Gasteiger partial charge in [0.25, 0.3) is 5.56 Å².